The summed E-state index contributed by atoms with van der Waals surface area (Å²) in [6.45, 7) is 0.490. The van der Waals surface area contributed by atoms with E-state index in [4.69, 9.17) is 5.73 Å². The van der Waals surface area contributed by atoms with Gasteiger partial charge in [-0.1, -0.05) is 6.07 Å². The summed E-state index contributed by atoms with van der Waals surface area (Å²) in [7, 11) is 0. The van der Waals surface area contributed by atoms with Gasteiger partial charge in [0.2, 0.25) is 0 Å². The molecule has 0 unspecified atom stereocenters. The Labute approximate surface area is 98.5 Å². The molecule has 3 aromatic rings. The van der Waals surface area contributed by atoms with Gasteiger partial charge in [-0.05, 0) is 34.9 Å². The van der Waals surface area contributed by atoms with Crippen molar-refractivity contribution in [2.24, 2.45) is 5.73 Å². The number of pyridine rings is 1. The van der Waals surface area contributed by atoms with Crippen LogP contribution in [0.4, 0.5) is 0 Å². The number of nitrogens with zero attached hydrogens (tertiary/aromatic N) is 2. The van der Waals surface area contributed by atoms with E-state index >= 15 is 0 Å². The highest BCUT2D eigenvalue weighted by molar-refractivity contribution is 5.82. The van der Waals surface area contributed by atoms with Crippen LogP contribution in [-0.4, -0.2) is 15.0 Å². The number of fused-ring (bicyclic) bond motifs is 1. The van der Waals surface area contributed by atoms with Gasteiger partial charge in [-0.3, -0.25) is 4.98 Å². The molecule has 0 aliphatic carbocycles. The maximum absolute atomic E-state index is 5.72. The number of benzene rings is 1. The zero-order valence-electron chi connectivity index (χ0n) is 9.22. The van der Waals surface area contributed by atoms with E-state index in [1.165, 1.54) is 0 Å². The van der Waals surface area contributed by atoms with Crippen LogP contribution >= 0.6 is 0 Å². The Kier molecular flexibility index (Phi) is 2.34. The normalized spacial score (nSPS) is 10.9. The monoisotopic (exact) mass is 224 g/mol. The molecule has 4 heteroatoms. The van der Waals surface area contributed by atoms with Crippen molar-refractivity contribution in [2.75, 3.05) is 0 Å². The lowest BCUT2D eigenvalue weighted by atomic mass is 10.0. The molecule has 3 rings (SSSR count). The third kappa shape index (κ3) is 1.68. The Bertz CT molecular complexity index is 657. The van der Waals surface area contributed by atoms with Crippen LogP contribution in [-0.2, 0) is 6.54 Å². The number of hydrogen-bond acceptors (Lipinski definition) is 3. The van der Waals surface area contributed by atoms with Crippen LogP contribution in [0.5, 0.6) is 0 Å². The summed E-state index contributed by atoms with van der Waals surface area (Å²) < 4.78 is 0. The predicted octanol–water partition coefficient (Wildman–Crippen LogP) is 2.08. The number of H-pyrrole nitrogens is 1. The van der Waals surface area contributed by atoms with E-state index < -0.39 is 0 Å². The smallest absolute Gasteiger partial charge is 0.0931 e. The highest BCUT2D eigenvalue weighted by atomic mass is 14.9. The van der Waals surface area contributed by atoms with Crippen molar-refractivity contribution in [3.05, 3.63) is 48.5 Å². The van der Waals surface area contributed by atoms with E-state index in [1.54, 1.807) is 12.5 Å². The number of aromatic amines is 1. The zero-order chi connectivity index (χ0) is 11.7. The molecule has 0 saturated heterocycles. The van der Waals surface area contributed by atoms with Crippen molar-refractivity contribution in [3.8, 4) is 11.1 Å². The molecule has 0 atom stereocenters. The molecular formula is C13H12N4. The van der Waals surface area contributed by atoms with Crippen LogP contribution in [0, 0.1) is 0 Å². The molecule has 0 spiro atoms. The van der Waals surface area contributed by atoms with Gasteiger partial charge in [-0.2, -0.15) is 0 Å². The van der Waals surface area contributed by atoms with Crippen LogP contribution in [0.15, 0.2) is 43.0 Å². The lowest BCUT2D eigenvalue weighted by Gasteiger charge is -2.06. The quantitative estimate of drug-likeness (QED) is 0.700. The first-order valence-electron chi connectivity index (χ1n) is 5.45. The molecule has 0 fully saturated rings. The van der Waals surface area contributed by atoms with Crippen molar-refractivity contribution in [3.63, 3.8) is 0 Å². The molecule has 4 nitrogen and oxygen atoms in total. The van der Waals surface area contributed by atoms with E-state index in [0.717, 1.165) is 27.7 Å². The van der Waals surface area contributed by atoms with Gasteiger partial charge in [0.1, 0.15) is 0 Å². The average molecular weight is 224 g/mol. The van der Waals surface area contributed by atoms with E-state index in [2.05, 4.69) is 27.1 Å². The van der Waals surface area contributed by atoms with E-state index in [-0.39, 0.29) is 0 Å². The first kappa shape index (κ1) is 9.99. The average Bonchev–Trinajstić information content (AvgIpc) is 2.85. The fourth-order valence-electron chi connectivity index (χ4n) is 1.97. The highest BCUT2D eigenvalue weighted by Gasteiger charge is 2.05. The Morgan fingerprint density at radius 2 is 2.18 bits per heavy atom. The molecule has 0 bridgehead atoms. The zero-order valence-corrected chi connectivity index (χ0v) is 9.22. The molecule has 17 heavy (non-hydrogen) atoms. The van der Waals surface area contributed by atoms with Crippen LogP contribution in [0.2, 0.25) is 0 Å². The third-order valence-electron chi connectivity index (χ3n) is 2.85. The molecule has 0 amide bonds. The SMILES string of the molecule is NCc1cnccc1-c1ccc2nc[nH]c2c1. The van der Waals surface area contributed by atoms with Gasteiger partial charge < -0.3 is 10.7 Å². The van der Waals surface area contributed by atoms with Gasteiger partial charge in [-0.25, -0.2) is 4.98 Å². The van der Waals surface area contributed by atoms with Crippen LogP contribution < -0.4 is 5.73 Å². The van der Waals surface area contributed by atoms with Crippen LogP contribution in [0.3, 0.4) is 0 Å². The second-order valence-corrected chi connectivity index (χ2v) is 3.87. The van der Waals surface area contributed by atoms with Gasteiger partial charge in [0.05, 0.1) is 17.4 Å². The molecule has 3 N–H and O–H groups in total. The first-order chi connectivity index (χ1) is 8.38. The number of nitrogens with one attached hydrogen (secondary N) is 1. The van der Waals surface area contributed by atoms with E-state index in [9.17, 15) is 0 Å². The number of rotatable bonds is 2. The Balaban J connectivity index is 2.19. The second kappa shape index (κ2) is 3.99. The summed E-state index contributed by atoms with van der Waals surface area (Å²) in [6.07, 6.45) is 5.29. The molecule has 0 aliphatic heterocycles. The Hall–Kier alpha value is -2.20. The number of nitrogens with two attached hydrogens (primary N) is 1. The fourth-order valence-corrected chi connectivity index (χ4v) is 1.97. The van der Waals surface area contributed by atoms with Crippen molar-refractivity contribution in [1.82, 2.24) is 15.0 Å². The minimum absolute atomic E-state index is 0.490. The number of hydrogen-bond donors (Lipinski definition) is 2. The summed E-state index contributed by atoms with van der Waals surface area (Å²) in [5, 5.41) is 0. The van der Waals surface area contributed by atoms with Gasteiger partial charge in [0.25, 0.3) is 0 Å². The molecular weight excluding hydrogens is 212 g/mol. The second-order valence-electron chi connectivity index (χ2n) is 3.87. The highest BCUT2D eigenvalue weighted by Crippen LogP contribution is 2.25. The largest absolute Gasteiger partial charge is 0.345 e. The van der Waals surface area contributed by atoms with Gasteiger partial charge in [0.15, 0.2) is 0 Å². The minimum Gasteiger partial charge on any atom is -0.345 e. The van der Waals surface area contributed by atoms with Crippen LogP contribution in [0.25, 0.3) is 22.2 Å². The molecule has 1 aromatic carbocycles. The van der Waals surface area contributed by atoms with Gasteiger partial charge in [0, 0.05) is 18.9 Å². The Morgan fingerprint density at radius 1 is 1.24 bits per heavy atom. The first-order valence-corrected chi connectivity index (χ1v) is 5.45. The lowest BCUT2D eigenvalue weighted by molar-refractivity contribution is 1.05. The minimum atomic E-state index is 0.490. The van der Waals surface area contributed by atoms with E-state index in [1.807, 2.05) is 18.3 Å². The lowest BCUT2D eigenvalue weighted by Crippen LogP contribution is -1.99. The van der Waals surface area contributed by atoms with Crippen molar-refractivity contribution in [2.45, 2.75) is 6.54 Å². The van der Waals surface area contributed by atoms with Crippen LogP contribution in [0.1, 0.15) is 5.56 Å². The summed E-state index contributed by atoms with van der Waals surface area (Å²) >= 11 is 0. The third-order valence-corrected chi connectivity index (χ3v) is 2.85. The number of aromatic nitrogens is 3. The predicted molar refractivity (Wildman–Crippen MR) is 67.2 cm³/mol. The molecule has 84 valence electrons. The summed E-state index contributed by atoms with van der Waals surface area (Å²) in [5.74, 6) is 0. The van der Waals surface area contributed by atoms with Crippen molar-refractivity contribution >= 4 is 11.0 Å². The molecule has 0 radical (unpaired) electrons. The summed E-state index contributed by atoms with van der Waals surface area (Å²) in [4.78, 5) is 11.4. The maximum Gasteiger partial charge on any atom is 0.0931 e. The van der Waals surface area contributed by atoms with Gasteiger partial charge in [-0.15, -0.1) is 0 Å². The van der Waals surface area contributed by atoms with Gasteiger partial charge >= 0.3 is 0 Å². The molecule has 0 aliphatic rings. The van der Waals surface area contributed by atoms with Crippen molar-refractivity contribution in [1.29, 1.82) is 0 Å². The molecule has 2 aromatic heterocycles. The topological polar surface area (TPSA) is 67.6 Å². The number of imidazole rings is 1. The van der Waals surface area contributed by atoms with E-state index in [0.29, 0.717) is 6.54 Å². The summed E-state index contributed by atoms with van der Waals surface area (Å²) in [6, 6.07) is 8.12. The Morgan fingerprint density at radius 3 is 3.06 bits per heavy atom. The standard InChI is InChI=1S/C13H12N4/c14-6-10-7-15-4-3-11(10)9-1-2-12-13(5-9)17-8-16-12/h1-5,7-8H,6,14H2,(H,16,17). The molecule has 2 heterocycles. The fraction of sp³-hybridized carbons (Fsp3) is 0.0769. The summed E-state index contributed by atoms with van der Waals surface area (Å²) in [5.41, 5.74) is 11.0. The molecule has 0 saturated carbocycles. The maximum atomic E-state index is 5.72. The van der Waals surface area contributed by atoms with Crippen molar-refractivity contribution < 1.29 is 0 Å².